The van der Waals surface area contributed by atoms with Gasteiger partial charge in [0.1, 0.15) is 17.2 Å². The molecule has 1 aromatic carbocycles. The lowest BCUT2D eigenvalue weighted by atomic mass is 10.3. The molecule has 0 aliphatic heterocycles. The molecule has 17 heavy (non-hydrogen) atoms. The molecule has 5 heteroatoms. The minimum atomic E-state index is -0.297. The van der Waals surface area contributed by atoms with Crippen LogP contribution in [0.25, 0.3) is 0 Å². The Hall–Kier alpha value is -1.75. The van der Waals surface area contributed by atoms with Crippen molar-refractivity contribution in [2.75, 3.05) is 6.26 Å². The molecule has 0 unspecified atom stereocenters. The zero-order valence-corrected chi connectivity index (χ0v) is 9.99. The van der Waals surface area contributed by atoms with Gasteiger partial charge in [-0.05, 0) is 30.5 Å². The molecule has 1 aromatic heterocycles. The summed E-state index contributed by atoms with van der Waals surface area (Å²) in [4.78, 5) is 12.3. The van der Waals surface area contributed by atoms with E-state index in [2.05, 4.69) is 15.0 Å². The van der Waals surface area contributed by atoms with Gasteiger partial charge in [-0.1, -0.05) is 6.07 Å². The number of rotatable bonds is 2. The van der Waals surface area contributed by atoms with Gasteiger partial charge in [0, 0.05) is 6.20 Å². The van der Waals surface area contributed by atoms with Crippen LogP contribution in [0.2, 0.25) is 0 Å². The summed E-state index contributed by atoms with van der Waals surface area (Å²) in [5.41, 5.74) is 1.31. The highest BCUT2D eigenvalue weighted by Gasteiger charge is 2.03. The lowest BCUT2D eigenvalue weighted by Crippen LogP contribution is -1.98. The van der Waals surface area contributed by atoms with Crippen molar-refractivity contribution in [3.8, 4) is 0 Å². The third-order valence-electron chi connectivity index (χ3n) is 2.03. The van der Waals surface area contributed by atoms with Gasteiger partial charge < -0.3 is 0 Å². The van der Waals surface area contributed by atoms with Crippen LogP contribution in [-0.4, -0.2) is 21.3 Å². The van der Waals surface area contributed by atoms with Crippen LogP contribution in [0.3, 0.4) is 0 Å². The fraction of sp³-hybridized carbons (Fsp3) is 0.0833. The van der Waals surface area contributed by atoms with Crippen LogP contribution in [0.1, 0.15) is 5.69 Å². The number of aliphatic imine (C=N–C) groups is 1. The van der Waals surface area contributed by atoms with Gasteiger partial charge in [-0.2, -0.15) is 0 Å². The molecule has 0 amide bonds. The van der Waals surface area contributed by atoms with Crippen LogP contribution >= 0.6 is 11.8 Å². The highest BCUT2D eigenvalue weighted by Crippen LogP contribution is 2.18. The average molecular weight is 247 g/mol. The van der Waals surface area contributed by atoms with E-state index < -0.39 is 0 Å². The molecular formula is C12H10FN3S. The van der Waals surface area contributed by atoms with Gasteiger partial charge >= 0.3 is 0 Å². The molecule has 0 saturated heterocycles. The smallest absolute Gasteiger partial charge is 0.125 e. The summed E-state index contributed by atoms with van der Waals surface area (Å²) in [6.07, 6.45) is 5.02. The Balaban J connectivity index is 2.36. The maximum Gasteiger partial charge on any atom is 0.125 e. The number of benzene rings is 1. The predicted octanol–water partition coefficient (Wildman–Crippen LogP) is 3.06. The highest BCUT2D eigenvalue weighted by molar-refractivity contribution is 8.13. The van der Waals surface area contributed by atoms with Gasteiger partial charge in [-0.15, -0.1) is 11.8 Å². The normalized spacial score (nSPS) is 11.5. The molecule has 0 spiro atoms. The Labute approximate surface area is 103 Å². The molecule has 0 aliphatic carbocycles. The van der Waals surface area contributed by atoms with E-state index in [4.69, 9.17) is 0 Å². The SMILES string of the molecule is CS/C(=N\c1cccc(F)c1)c1ccncn1. The van der Waals surface area contributed by atoms with E-state index >= 15 is 0 Å². The summed E-state index contributed by atoms with van der Waals surface area (Å²) in [7, 11) is 0. The second kappa shape index (κ2) is 5.54. The molecule has 0 fully saturated rings. The average Bonchev–Trinajstić information content (AvgIpc) is 2.37. The molecule has 0 radical (unpaired) electrons. The Kier molecular flexibility index (Phi) is 3.82. The van der Waals surface area contributed by atoms with Crippen molar-refractivity contribution in [3.63, 3.8) is 0 Å². The second-order valence-electron chi connectivity index (χ2n) is 3.20. The molecule has 0 bridgehead atoms. The molecule has 0 saturated carbocycles. The van der Waals surface area contributed by atoms with Crippen molar-refractivity contribution < 1.29 is 4.39 Å². The Bertz CT molecular complexity index is 528. The summed E-state index contributed by atoms with van der Waals surface area (Å²) >= 11 is 1.46. The van der Waals surface area contributed by atoms with Crippen molar-refractivity contribution in [3.05, 3.63) is 54.4 Å². The summed E-state index contributed by atoms with van der Waals surface area (Å²) in [5, 5.41) is 0.734. The van der Waals surface area contributed by atoms with E-state index in [9.17, 15) is 4.39 Å². The van der Waals surface area contributed by atoms with Crippen LogP contribution < -0.4 is 0 Å². The molecule has 0 atom stereocenters. The first kappa shape index (κ1) is 11.7. The Morgan fingerprint density at radius 1 is 1.35 bits per heavy atom. The minimum absolute atomic E-state index is 0.297. The highest BCUT2D eigenvalue weighted by atomic mass is 32.2. The van der Waals surface area contributed by atoms with Gasteiger partial charge in [0.25, 0.3) is 0 Å². The fourth-order valence-electron chi connectivity index (χ4n) is 1.29. The van der Waals surface area contributed by atoms with Crippen molar-refractivity contribution >= 4 is 22.5 Å². The van der Waals surface area contributed by atoms with Gasteiger partial charge in [0.15, 0.2) is 0 Å². The summed E-state index contributed by atoms with van der Waals surface area (Å²) < 4.78 is 13.0. The molecular weight excluding hydrogens is 237 g/mol. The van der Waals surface area contributed by atoms with Crippen LogP contribution in [0.4, 0.5) is 10.1 Å². The molecule has 86 valence electrons. The molecule has 1 heterocycles. The lowest BCUT2D eigenvalue weighted by molar-refractivity contribution is 0.628. The van der Waals surface area contributed by atoms with E-state index in [1.165, 1.54) is 30.2 Å². The number of halogens is 1. The van der Waals surface area contributed by atoms with E-state index in [0.29, 0.717) is 5.69 Å². The lowest BCUT2D eigenvalue weighted by Gasteiger charge is -2.02. The first-order chi connectivity index (χ1) is 8.29. The monoisotopic (exact) mass is 247 g/mol. The third-order valence-corrected chi connectivity index (χ3v) is 2.72. The maximum absolute atomic E-state index is 13.0. The molecule has 0 N–H and O–H groups in total. The number of hydrogen-bond donors (Lipinski definition) is 0. The van der Waals surface area contributed by atoms with Gasteiger partial charge in [-0.25, -0.2) is 19.4 Å². The Morgan fingerprint density at radius 2 is 2.24 bits per heavy atom. The van der Waals surface area contributed by atoms with Gasteiger partial charge in [0.2, 0.25) is 0 Å². The largest absolute Gasteiger partial charge is 0.245 e. The number of aromatic nitrogens is 2. The number of hydrogen-bond acceptors (Lipinski definition) is 4. The van der Waals surface area contributed by atoms with Crippen molar-refractivity contribution in [1.82, 2.24) is 9.97 Å². The van der Waals surface area contributed by atoms with Crippen molar-refractivity contribution in [1.29, 1.82) is 0 Å². The first-order valence-electron chi connectivity index (χ1n) is 4.94. The van der Waals surface area contributed by atoms with Crippen LogP contribution in [0.5, 0.6) is 0 Å². The van der Waals surface area contributed by atoms with Gasteiger partial charge in [-0.3, -0.25) is 0 Å². The molecule has 3 nitrogen and oxygen atoms in total. The number of nitrogens with zero attached hydrogens (tertiary/aromatic N) is 3. The molecule has 0 aliphatic rings. The van der Waals surface area contributed by atoms with E-state index in [0.717, 1.165) is 10.7 Å². The minimum Gasteiger partial charge on any atom is -0.245 e. The molecule has 2 aromatic rings. The summed E-state index contributed by atoms with van der Waals surface area (Å²) in [5.74, 6) is -0.297. The topological polar surface area (TPSA) is 38.1 Å². The van der Waals surface area contributed by atoms with Crippen molar-refractivity contribution in [2.24, 2.45) is 4.99 Å². The van der Waals surface area contributed by atoms with Crippen molar-refractivity contribution in [2.45, 2.75) is 0 Å². The third kappa shape index (κ3) is 3.10. The summed E-state index contributed by atoms with van der Waals surface area (Å²) in [6, 6.07) is 7.93. The second-order valence-corrected chi connectivity index (χ2v) is 3.99. The standard InChI is InChI=1S/C12H10FN3S/c1-17-12(11-5-6-14-8-15-11)16-10-4-2-3-9(13)7-10/h2-8H,1H3/b16-12-. The summed E-state index contributed by atoms with van der Waals surface area (Å²) in [6.45, 7) is 0. The Morgan fingerprint density at radius 3 is 2.88 bits per heavy atom. The van der Waals surface area contributed by atoms with Gasteiger partial charge in [0.05, 0.1) is 11.4 Å². The molecule has 2 rings (SSSR count). The van der Waals surface area contributed by atoms with Crippen LogP contribution in [0, 0.1) is 5.82 Å². The first-order valence-corrected chi connectivity index (χ1v) is 6.16. The zero-order valence-electron chi connectivity index (χ0n) is 9.17. The van der Waals surface area contributed by atoms with E-state index in [-0.39, 0.29) is 5.82 Å². The van der Waals surface area contributed by atoms with E-state index in [1.807, 2.05) is 6.26 Å². The van der Waals surface area contributed by atoms with Crippen LogP contribution in [0.15, 0.2) is 47.8 Å². The maximum atomic E-state index is 13.0. The van der Waals surface area contributed by atoms with E-state index in [1.54, 1.807) is 24.4 Å². The fourth-order valence-corrected chi connectivity index (χ4v) is 1.81. The van der Waals surface area contributed by atoms with Crippen LogP contribution in [-0.2, 0) is 0 Å². The number of thioether (sulfide) groups is 1. The quantitative estimate of drug-likeness (QED) is 0.604. The predicted molar refractivity (Wildman–Crippen MR) is 68.1 cm³/mol. The zero-order chi connectivity index (χ0) is 12.1.